The van der Waals surface area contributed by atoms with Gasteiger partial charge < -0.3 is 14.4 Å². The van der Waals surface area contributed by atoms with E-state index in [9.17, 15) is 4.39 Å². The molecule has 0 heterocycles. The molecular formula is C78H46F9NO2. The van der Waals surface area contributed by atoms with E-state index in [0.717, 1.165) is 11.1 Å². The Morgan fingerprint density at radius 3 is 1.00 bits per heavy atom. The minimum atomic E-state index is -2.14. The third kappa shape index (κ3) is 9.08. The Morgan fingerprint density at radius 1 is 0.311 bits per heavy atom. The van der Waals surface area contributed by atoms with E-state index in [1.165, 1.54) is 12.1 Å². The first-order chi connectivity index (χ1) is 43.7. The van der Waals surface area contributed by atoms with Gasteiger partial charge in [0.25, 0.3) is 0 Å². The molecule has 0 N–H and O–H groups in total. The molecule has 12 aromatic rings. The number of rotatable bonds is 14. The van der Waals surface area contributed by atoms with E-state index in [0.29, 0.717) is 73.4 Å². The standard InChI is InChI=1S/C78H46F9NO2/c1-3-45-13-31-55(32-14-45)89-57-35-21-49(22-36-57)77(71-73(84)67(80)43-68(81)74(71)85)63-11-7-5-9-59(63)61-39-29-53(41-65(61)77)88(52-27-19-48(20-28-52)47-17-25-51(79)26-18-47)54-30-40-62-60-10-6-8-12-64(60)78(66(62)42-54,72-75(86)69(82)44-70(83)76(72)87)50-23-37-58(38-24-50)90-56-33-15-46(4-2)16-34-56/h3-44H,1-2H2. The second-order valence-electron chi connectivity index (χ2n) is 21.9. The fourth-order valence-corrected chi connectivity index (χ4v) is 13.1. The van der Waals surface area contributed by atoms with E-state index in [4.69, 9.17) is 9.47 Å². The number of hydrogen-bond acceptors (Lipinski definition) is 3. The van der Waals surface area contributed by atoms with Crippen molar-refractivity contribution >= 4 is 29.2 Å². The van der Waals surface area contributed by atoms with Crippen molar-refractivity contribution in [3.63, 3.8) is 0 Å². The summed E-state index contributed by atoms with van der Waals surface area (Å²) in [5, 5.41) is 0. The molecule has 2 atom stereocenters. The molecule has 12 heteroatoms. The summed E-state index contributed by atoms with van der Waals surface area (Å²) < 4.78 is 160. The van der Waals surface area contributed by atoms with Crippen LogP contribution in [0.5, 0.6) is 23.0 Å². The van der Waals surface area contributed by atoms with Crippen molar-refractivity contribution in [3.05, 3.63) is 364 Å². The van der Waals surface area contributed by atoms with Gasteiger partial charge in [-0.2, -0.15) is 0 Å². The largest absolute Gasteiger partial charge is 0.457 e. The molecule has 0 bridgehead atoms. The molecule has 0 saturated carbocycles. The zero-order chi connectivity index (χ0) is 62.2. The SMILES string of the molecule is C=Cc1ccc(Oc2ccc(C3(c4c(F)c(F)cc(F)c4F)c4ccccc4-c4ccc(N(c5ccc(-c6ccc(F)cc6)cc5)c5ccc6c(c5)C(c5ccc(Oc7ccc(C=C)cc7)cc5)(c5c(F)c(F)cc(F)c5F)c5ccccc5-6)cc43)cc2)cc1. The van der Waals surface area contributed by atoms with E-state index < -0.39 is 74.3 Å². The number of nitrogens with zero attached hydrogens (tertiary/aromatic N) is 1. The minimum absolute atomic E-state index is 0.167. The fourth-order valence-electron chi connectivity index (χ4n) is 13.1. The van der Waals surface area contributed by atoms with Gasteiger partial charge in [-0.05, 0) is 175 Å². The van der Waals surface area contributed by atoms with Gasteiger partial charge in [0.05, 0.1) is 10.8 Å². The van der Waals surface area contributed by atoms with Gasteiger partial charge in [-0.25, -0.2) is 39.5 Å². The monoisotopic (exact) mass is 1200 g/mol. The smallest absolute Gasteiger partial charge is 0.166 e. The molecule has 0 aliphatic heterocycles. The van der Waals surface area contributed by atoms with Crippen molar-refractivity contribution in [2.24, 2.45) is 0 Å². The first-order valence-corrected chi connectivity index (χ1v) is 28.5. The van der Waals surface area contributed by atoms with Crippen LogP contribution in [0, 0.1) is 52.4 Å². The van der Waals surface area contributed by atoms with Crippen LogP contribution in [0.1, 0.15) is 55.6 Å². The summed E-state index contributed by atoms with van der Waals surface area (Å²) in [6.07, 6.45) is 3.36. The average Bonchev–Trinajstić information content (AvgIpc) is 1.51. The highest BCUT2D eigenvalue weighted by molar-refractivity contribution is 5.93. The predicted octanol–water partition coefficient (Wildman–Crippen LogP) is 21.7. The van der Waals surface area contributed by atoms with Crippen LogP contribution in [-0.2, 0) is 10.8 Å². The first kappa shape index (κ1) is 56.7. The molecule has 12 aromatic carbocycles. The summed E-state index contributed by atoms with van der Waals surface area (Å²) in [6.45, 7) is 7.62. The molecule has 0 radical (unpaired) electrons. The summed E-state index contributed by atoms with van der Waals surface area (Å²) in [5.41, 5.74) is 1.25. The van der Waals surface area contributed by atoms with Gasteiger partial charge in [0, 0.05) is 40.3 Å². The van der Waals surface area contributed by atoms with Crippen molar-refractivity contribution in [1.82, 2.24) is 0 Å². The van der Waals surface area contributed by atoms with Crippen LogP contribution in [-0.4, -0.2) is 0 Å². The Hall–Kier alpha value is -11.1. The normalized spacial score (nSPS) is 15.1. The molecule has 2 aliphatic rings. The van der Waals surface area contributed by atoms with Gasteiger partial charge in [0.15, 0.2) is 46.5 Å². The molecule has 0 spiro atoms. The van der Waals surface area contributed by atoms with Crippen molar-refractivity contribution in [3.8, 4) is 56.4 Å². The Kier molecular flexibility index (Phi) is 14.0. The maximum Gasteiger partial charge on any atom is 0.166 e. The number of fused-ring (bicyclic) bond motifs is 6. The highest BCUT2D eigenvalue weighted by atomic mass is 19.2. The zero-order valence-electron chi connectivity index (χ0n) is 47.3. The van der Waals surface area contributed by atoms with E-state index in [1.54, 1.807) is 211 Å². The average molecular weight is 1200 g/mol. The quantitative estimate of drug-likeness (QED) is 0.0800. The Morgan fingerprint density at radius 2 is 0.633 bits per heavy atom. The van der Waals surface area contributed by atoms with Gasteiger partial charge >= 0.3 is 0 Å². The van der Waals surface area contributed by atoms with Crippen molar-refractivity contribution in [2.75, 3.05) is 4.90 Å². The maximum atomic E-state index is 17.3. The predicted molar refractivity (Wildman–Crippen MR) is 334 cm³/mol. The fraction of sp³-hybridized carbons (Fsp3) is 0.0256. The molecule has 0 aromatic heterocycles. The number of anilines is 3. The second kappa shape index (κ2) is 22.2. The van der Waals surface area contributed by atoms with Crippen molar-refractivity contribution < 1.29 is 49.0 Å². The number of benzene rings is 12. The van der Waals surface area contributed by atoms with E-state index in [2.05, 4.69) is 13.2 Å². The van der Waals surface area contributed by atoms with Crippen molar-refractivity contribution in [1.29, 1.82) is 0 Å². The van der Waals surface area contributed by atoms with E-state index in [-0.39, 0.29) is 45.5 Å². The summed E-state index contributed by atoms with van der Waals surface area (Å²) >= 11 is 0. The van der Waals surface area contributed by atoms with Crippen LogP contribution in [0.25, 0.3) is 45.5 Å². The molecular weight excluding hydrogens is 1150 g/mol. The third-order valence-corrected chi connectivity index (χ3v) is 17.1. The summed E-state index contributed by atoms with van der Waals surface area (Å²) in [6, 6.07) is 64.3. The third-order valence-electron chi connectivity index (χ3n) is 17.1. The number of ether oxygens (including phenoxy) is 2. The summed E-state index contributed by atoms with van der Waals surface area (Å²) in [5.74, 6) is -11.9. The number of hydrogen-bond donors (Lipinski definition) is 0. The summed E-state index contributed by atoms with van der Waals surface area (Å²) in [7, 11) is 0. The lowest BCUT2D eigenvalue weighted by Crippen LogP contribution is -2.32. The molecule has 2 unspecified atom stereocenters. The lowest BCUT2D eigenvalue weighted by molar-refractivity contribution is 0.426. The van der Waals surface area contributed by atoms with Crippen LogP contribution in [0.15, 0.2) is 256 Å². The zero-order valence-corrected chi connectivity index (χ0v) is 47.3. The van der Waals surface area contributed by atoms with Gasteiger partial charge in [0.2, 0.25) is 0 Å². The summed E-state index contributed by atoms with van der Waals surface area (Å²) in [4.78, 5) is 1.78. The molecule has 90 heavy (non-hydrogen) atoms. The molecule has 0 saturated heterocycles. The second-order valence-corrected chi connectivity index (χ2v) is 21.9. The first-order valence-electron chi connectivity index (χ1n) is 28.5. The lowest BCUT2D eigenvalue weighted by atomic mass is 9.67. The Balaban J connectivity index is 1.02. The molecule has 3 nitrogen and oxygen atoms in total. The van der Waals surface area contributed by atoms with Gasteiger partial charge in [-0.3, -0.25) is 0 Å². The topological polar surface area (TPSA) is 21.7 Å². The lowest BCUT2D eigenvalue weighted by Gasteiger charge is -2.36. The number of halogens is 9. The van der Waals surface area contributed by atoms with Crippen LogP contribution in [0.4, 0.5) is 56.6 Å². The molecule has 438 valence electrons. The maximum absolute atomic E-state index is 17.3. The van der Waals surface area contributed by atoms with Gasteiger partial charge in [-0.1, -0.05) is 159 Å². The minimum Gasteiger partial charge on any atom is -0.457 e. The molecule has 0 amide bonds. The molecule has 0 fully saturated rings. The Bertz CT molecular complexity index is 4520. The van der Waals surface area contributed by atoms with Crippen LogP contribution < -0.4 is 14.4 Å². The highest BCUT2D eigenvalue weighted by Gasteiger charge is 2.53. The Labute approximate surface area is 511 Å². The van der Waals surface area contributed by atoms with Gasteiger partial charge in [0.1, 0.15) is 28.8 Å². The van der Waals surface area contributed by atoms with E-state index >= 15 is 35.1 Å². The van der Waals surface area contributed by atoms with E-state index in [1.807, 2.05) is 24.3 Å². The van der Waals surface area contributed by atoms with Gasteiger partial charge in [-0.15, -0.1) is 0 Å². The van der Waals surface area contributed by atoms with Crippen molar-refractivity contribution in [2.45, 2.75) is 10.8 Å². The van der Waals surface area contributed by atoms with Crippen LogP contribution >= 0.6 is 0 Å². The van der Waals surface area contributed by atoms with Crippen LogP contribution in [0.3, 0.4) is 0 Å². The highest BCUT2D eigenvalue weighted by Crippen LogP contribution is 2.61. The molecule has 2 aliphatic carbocycles. The van der Waals surface area contributed by atoms with Crippen LogP contribution in [0.2, 0.25) is 0 Å². The molecule has 14 rings (SSSR count).